The summed E-state index contributed by atoms with van der Waals surface area (Å²) in [6.07, 6.45) is 5.35. The third-order valence-corrected chi connectivity index (χ3v) is 5.79. The number of rotatable bonds is 5. The zero-order chi connectivity index (χ0) is 16.6. The van der Waals surface area contributed by atoms with Gasteiger partial charge >= 0.3 is 0 Å². The van der Waals surface area contributed by atoms with E-state index in [4.69, 9.17) is 4.74 Å². The van der Waals surface area contributed by atoms with Gasteiger partial charge in [-0.2, -0.15) is 13.8 Å². The van der Waals surface area contributed by atoms with E-state index in [0.29, 0.717) is 23.3 Å². The van der Waals surface area contributed by atoms with Crippen molar-refractivity contribution in [3.8, 4) is 0 Å². The molecule has 8 nitrogen and oxygen atoms in total. The molecule has 1 aliphatic heterocycles. The summed E-state index contributed by atoms with van der Waals surface area (Å²) < 4.78 is 43.2. The van der Waals surface area contributed by atoms with E-state index < -0.39 is 10.0 Å². The Morgan fingerprint density at radius 3 is 3.12 bits per heavy atom. The van der Waals surface area contributed by atoms with Gasteiger partial charge in [0.15, 0.2) is 0 Å². The van der Waals surface area contributed by atoms with Crippen LogP contribution in [-0.4, -0.2) is 39.7 Å². The van der Waals surface area contributed by atoms with E-state index in [-0.39, 0.29) is 11.0 Å². The minimum absolute atomic E-state index is 0.112. The fraction of sp³-hybridized carbons (Fsp3) is 0.357. The number of fused-ring (bicyclic) bond motifs is 1. The Kier molecular flexibility index (Phi) is 3.94. The van der Waals surface area contributed by atoms with Crippen molar-refractivity contribution >= 4 is 38.5 Å². The molecule has 126 valence electrons. The van der Waals surface area contributed by atoms with Crippen molar-refractivity contribution in [3.05, 3.63) is 30.6 Å². The Labute approximate surface area is 142 Å². The van der Waals surface area contributed by atoms with Crippen LogP contribution in [0.1, 0.15) is 12.8 Å². The van der Waals surface area contributed by atoms with E-state index in [1.54, 1.807) is 23.0 Å². The second-order valence-corrected chi connectivity index (χ2v) is 7.76. The molecule has 1 aromatic carbocycles. The molecule has 1 saturated heterocycles. The molecule has 1 fully saturated rings. The predicted molar refractivity (Wildman–Crippen MR) is 89.4 cm³/mol. The van der Waals surface area contributed by atoms with Crippen LogP contribution >= 0.6 is 11.7 Å². The number of aromatic nitrogens is 4. The van der Waals surface area contributed by atoms with Gasteiger partial charge in [0.1, 0.15) is 15.9 Å². The van der Waals surface area contributed by atoms with Crippen LogP contribution < -0.4 is 4.72 Å². The summed E-state index contributed by atoms with van der Waals surface area (Å²) in [5.41, 5.74) is 1.35. The van der Waals surface area contributed by atoms with Gasteiger partial charge in [0, 0.05) is 12.8 Å². The van der Waals surface area contributed by atoms with Gasteiger partial charge in [-0.15, -0.1) is 0 Å². The molecule has 1 aliphatic rings. The zero-order valence-electron chi connectivity index (χ0n) is 12.6. The number of nitrogens with zero attached hydrogens (tertiary/aromatic N) is 4. The Morgan fingerprint density at radius 2 is 2.29 bits per heavy atom. The molecule has 4 rings (SSSR count). The van der Waals surface area contributed by atoms with Crippen LogP contribution in [-0.2, 0) is 21.3 Å². The molecule has 0 spiro atoms. The lowest BCUT2D eigenvalue weighted by molar-refractivity contribution is 0.0940. The first-order valence-corrected chi connectivity index (χ1v) is 9.71. The highest BCUT2D eigenvalue weighted by Crippen LogP contribution is 2.23. The molecule has 3 heterocycles. The summed E-state index contributed by atoms with van der Waals surface area (Å²) in [6, 6.07) is 4.90. The third-order valence-electron chi connectivity index (χ3n) is 3.84. The fourth-order valence-corrected chi connectivity index (χ4v) is 4.52. The van der Waals surface area contributed by atoms with Crippen LogP contribution in [0.4, 0.5) is 5.69 Å². The lowest BCUT2D eigenvalue weighted by Gasteiger charge is -2.08. The van der Waals surface area contributed by atoms with Gasteiger partial charge < -0.3 is 4.74 Å². The van der Waals surface area contributed by atoms with Crippen molar-refractivity contribution in [1.29, 1.82) is 0 Å². The SMILES string of the molecule is O=S(=O)(Nc1cnn(C[C@@H]2CCCO2)c1)c1cccc2nsnc12. The summed E-state index contributed by atoms with van der Waals surface area (Å²) in [7, 11) is -3.75. The molecule has 1 atom stereocenters. The number of anilines is 1. The normalized spacial score (nSPS) is 18.2. The number of nitrogens with one attached hydrogen (secondary N) is 1. The summed E-state index contributed by atoms with van der Waals surface area (Å²) in [5, 5.41) is 4.19. The maximum atomic E-state index is 12.6. The van der Waals surface area contributed by atoms with Crippen LogP contribution in [0.5, 0.6) is 0 Å². The number of hydrogen-bond acceptors (Lipinski definition) is 7. The molecular weight excluding hydrogens is 350 g/mol. The quantitative estimate of drug-likeness (QED) is 0.741. The van der Waals surface area contributed by atoms with Crippen LogP contribution in [0, 0.1) is 0 Å². The summed E-state index contributed by atoms with van der Waals surface area (Å²) in [5.74, 6) is 0. The minimum Gasteiger partial charge on any atom is -0.376 e. The van der Waals surface area contributed by atoms with Crippen molar-refractivity contribution in [2.75, 3.05) is 11.3 Å². The second kappa shape index (κ2) is 6.11. The van der Waals surface area contributed by atoms with Gasteiger partial charge in [-0.25, -0.2) is 8.42 Å². The monoisotopic (exact) mass is 365 g/mol. The molecule has 0 saturated carbocycles. The third kappa shape index (κ3) is 2.99. The minimum atomic E-state index is -3.75. The number of benzene rings is 1. The second-order valence-electron chi connectivity index (χ2n) is 5.58. The van der Waals surface area contributed by atoms with Gasteiger partial charge in [0.05, 0.1) is 36.3 Å². The largest absolute Gasteiger partial charge is 0.376 e. The Bertz CT molecular complexity index is 960. The first-order valence-electron chi connectivity index (χ1n) is 7.50. The van der Waals surface area contributed by atoms with E-state index in [1.165, 1.54) is 12.3 Å². The Morgan fingerprint density at radius 1 is 1.38 bits per heavy atom. The van der Waals surface area contributed by atoms with E-state index in [9.17, 15) is 8.42 Å². The Hall–Kier alpha value is -2.04. The molecule has 0 aliphatic carbocycles. The highest BCUT2D eigenvalue weighted by Gasteiger charge is 2.21. The topological polar surface area (TPSA) is 99.0 Å². The van der Waals surface area contributed by atoms with Gasteiger partial charge in [-0.05, 0) is 25.0 Å². The highest BCUT2D eigenvalue weighted by atomic mass is 32.2. The molecule has 2 aromatic heterocycles. The Balaban J connectivity index is 1.56. The van der Waals surface area contributed by atoms with Crippen LogP contribution in [0.15, 0.2) is 35.5 Å². The molecule has 0 amide bonds. The van der Waals surface area contributed by atoms with Crippen molar-refractivity contribution in [2.45, 2.75) is 30.4 Å². The molecule has 10 heteroatoms. The van der Waals surface area contributed by atoms with Gasteiger partial charge in [-0.3, -0.25) is 9.40 Å². The zero-order valence-corrected chi connectivity index (χ0v) is 14.3. The number of hydrogen-bond donors (Lipinski definition) is 1. The maximum Gasteiger partial charge on any atom is 0.264 e. The first-order chi connectivity index (χ1) is 11.6. The molecule has 0 radical (unpaired) electrons. The average Bonchev–Trinajstić information content (AvgIpc) is 3.28. The van der Waals surface area contributed by atoms with Crippen molar-refractivity contribution in [1.82, 2.24) is 18.5 Å². The summed E-state index contributed by atoms with van der Waals surface area (Å²) in [6.45, 7) is 1.39. The molecular formula is C14H15N5O3S2. The molecule has 0 unspecified atom stereocenters. The molecule has 3 aromatic rings. The molecule has 0 bridgehead atoms. The molecule has 1 N–H and O–H groups in total. The highest BCUT2D eigenvalue weighted by molar-refractivity contribution is 7.93. The lowest BCUT2D eigenvalue weighted by atomic mass is 10.2. The fourth-order valence-electron chi connectivity index (χ4n) is 2.72. The van der Waals surface area contributed by atoms with Crippen LogP contribution in [0.3, 0.4) is 0 Å². The standard InChI is InChI=1S/C14H15N5O3S2/c20-24(21,13-5-1-4-12-14(13)17-23-16-12)18-10-7-15-19(8-10)9-11-3-2-6-22-11/h1,4-5,7-8,11,18H,2-3,6,9H2/t11-/m0/s1. The van der Waals surface area contributed by atoms with Gasteiger partial charge in [-0.1, -0.05) is 6.07 Å². The maximum absolute atomic E-state index is 12.6. The predicted octanol–water partition coefficient (Wildman–Crippen LogP) is 1.87. The van der Waals surface area contributed by atoms with E-state index >= 15 is 0 Å². The number of ether oxygens (including phenoxy) is 1. The summed E-state index contributed by atoms with van der Waals surface area (Å²) >= 11 is 0.989. The lowest BCUT2D eigenvalue weighted by Crippen LogP contribution is -2.15. The van der Waals surface area contributed by atoms with Gasteiger partial charge in [0.25, 0.3) is 10.0 Å². The van der Waals surface area contributed by atoms with E-state index in [2.05, 4.69) is 18.6 Å². The van der Waals surface area contributed by atoms with Crippen LogP contribution in [0.25, 0.3) is 11.0 Å². The van der Waals surface area contributed by atoms with Crippen molar-refractivity contribution < 1.29 is 13.2 Å². The summed E-state index contributed by atoms with van der Waals surface area (Å²) in [4.78, 5) is 0.112. The van der Waals surface area contributed by atoms with Crippen LogP contribution in [0.2, 0.25) is 0 Å². The number of sulfonamides is 1. The van der Waals surface area contributed by atoms with E-state index in [0.717, 1.165) is 31.2 Å². The van der Waals surface area contributed by atoms with E-state index in [1.807, 2.05) is 0 Å². The van der Waals surface area contributed by atoms with Crippen molar-refractivity contribution in [3.63, 3.8) is 0 Å². The smallest absolute Gasteiger partial charge is 0.264 e. The molecule has 24 heavy (non-hydrogen) atoms. The first kappa shape index (κ1) is 15.5. The van der Waals surface area contributed by atoms with Gasteiger partial charge in [0.2, 0.25) is 0 Å². The van der Waals surface area contributed by atoms with Crippen molar-refractivity contribution in [2.24, 2.45) is 0 Å². The average molecular weight is 365 g/mol.